The van der Waals surface area contributed by atoms with Crippen molar-refractivity contribution in [2.24, 2.45) is 7.05 Å². The number of aryl methyl sites for hydroxylation is 1. The summed E-state index contributed by atoms with van der Waals surface area (Å²) in [7, 11) is 1.89. The van der Waals surface area contributed by atoms with Gasteiger partial charge in [-0.1, -0.05) is 60.7 Å². The third-order valence-corrected chi connectivity index (χ3v) is 4.23. The molecule has 3 aromatic rings. The van der Waals surface area contributed by atoms with Crippen LogP contribution in [0.4, 0.5) is 0 Å². The fourth-order valence-corrected chi connectivity index (χ4v) is 2.83. The molecule has 0 spiro atoms. The highest BCUT2D eigenvalue weighted by molar-refractivity contribution is 5.97. The van der Waals surface area contributed by atoms with Gasteiger partial charge in [0.25, 0.3) is 0 Å². The lowest BCUT2D eigenvalue weighted by molar-refractivity contribution is -0.121. The number of amides is 1. The number of ketones is 1. The van der Waals surface area contributed by atoms with E-state index in [1.54, 1.807) is 18.3 Å². The van der Waals surface area contributed by atoms with E-state index < -0.39 is 0 Å². The molecule has 1 aromatic heterocycles. The normalized spacial score (nSPS) is 11.7. The molecule has 0 saturated heterocycles. The Kier molecular flexibility index (Phi) is 5.59. The van der Waals surface area contributed by atoms with Crippen molar-refractivity contribution in [1.82, 2.24) is 14.9 Å². The van der Waals surface area contributed by atoms with Gasteiger partial charge < -0.3 is 9.88 Å². The average Bonchev–Trinajstić information content (AvgIpc) is 3.11. The molecule has 1 unspecified atom stereocenters. The molecule has 0 radical (unpaired) electrons. The molecule has 0 aliphatic carbocycles. The van der Waals surface area contributed by atoms with E-state index in [9.17, 15) is 9.59 Å². The number of nitrogens with zero attached hydrogens (tertiary/aromatic N) is 2. The molecule has 0 aliphatic rings. The fourth-order valence-electron chi connectivity index (χ4n) is 2.83. The lowest BCUT2D eigenvalue weighted by Crippen LogP contribution is -2.31. The van der Waals surface area contributed by atoms with Crippen LogP contribution in [0, 0.1) is 0 Å². The SMILES string of the molecule is Cn1ccnc1C(NC(=O)CCC(=O)c1ccccc1)c1ccccc1. The fraction of sp³-hybridized carbons (Fsp3) is 0.190. The Hall–Kier alpha value is -3.21. The molecule has 132 valence electrons. The van der Waals surface area contributed by atoms with Crippen LogP contribution in [0.3, 0.4) is 0 Å². The maximum Gasteiger partial charge on any atom is 0.221 e. The number of imidazole rings is 1. The van der Waals surface area contributed by atoms with E-state index >= 15 is 0 Å². The molecule has 0 fully saturated rings. The number of aromatic nitrogens is 2. The molecule has 0 bridgehead atoms. The minimum absolute atomic E-state index is 0.0333. The van der Waals surface area contributed by atoms with E-state index in [1.807, 2.05) is 66.3 Å². The highest BCUT2D eigenvalue weighted by Gasteiger charge is 2.21. The first-order valence-electron chi connectivity index (χ1n) is 8.55. The second kappa shape index (κ2) is 8.25. The number of rotatable bonds is 7. The van der Waals surface area contributed by atoms with Crippen molar-refractivity contribution in [3.63, 3.8) is 0 Å². The molecule has 3 rings (SSSR count). The summed E-state index contributed by atoms with van der Waals surface area (Å²) in [6.07, 6.45) is 3.87. The Morgan fingerprint density at radius 3 is 2.27 bits per heavy atom. The van der Waals surface area contributed by atoms with Crippen LogP contribution in [0.5, 0.6) is 0 Å². The van der Waals surface area contributed by atoms with E-state index in [-0.39, 0.29) is 30.6 Å². The molecule has 2 aromatic carbocycles. The van der Waals surface area contributed by atoms with Gasteiger partial charge in [0.2, 0.25) is 5.91 Å². The second-order valence-electron chi connectivity index (χ2n) is 6.10. The minimum Gasteiger partial charge on any atom is -0.342 e. The van der Waals surface area contributed by atoms with Crippen LogP contribution in [0.25, 0.3) is 0 Å². The van der Waals surface area contributed by atoms with E-state index in [4.69, 9.17) is 0 Å². The van der Waals surface area contributed by atoms with E-state index in [2.05, 4.69) is 10.3 Å². The smallest absolute Gasteiger partial charge is 0.221 e. The molecule has 1 atom stereocenters. The Morgan fingerprint density at radius 1 is 1.00 bits per heavy atom. The Bertz CT molecular complexity index is 873. The first-order chi connectivity index (χ1) is 12.6. The van der Waals surface area contributed by atoms with Gasteiger partial charge in [0.05, 0.1) is 0 Å². The van der Waals surface area contributed by atoms with Gasteiger partial charge in [-0.05, 0) is 5.56 Å². The van der Waals surface area contributed by atoms with Crippen molar-refractivity contribution in [2.45, 2.75) is 18.9 Å². The standard InChI is InChI=1S/C21H21N3O2/c1-24-15-14-22-21(24)20(17-10-6-3-7-11-17)23-19(26)13-12-18(25)16-8-4-2-5-9-16/h2-11,14-15,20H,12-13H2,1H3,(H,23,26). The van der Waals surface area contributed by atoms with E-state index in [1.165, 1.54) is 0 Å². The quantitative estimate of drug-likeness (QED) is 0.667. The van der Waals surface area contributed by atoms with Gasteiger partial charge in [-0.15, -0.1) is 0 Å². The first kappa shape index (κ1) is 17.6. The lowest BCUT2D eigenvalue weighted by atomic mass is 10.0. The van der Waals surface area contributed by atoms with Crippen LogP contribution in [0.1, 0.15) is 40.6 Å². The van der Waals surface area contributed by atoms with Crippen LogP contribution in [-0.4, -0.2) is 21.2 Å². The van der Waals surface area contributed by atoms with Gasteiger partial charge in [-0.3, -0.25) is 9.59 Å². The predicted molar refractivity (Wildman–Crippen MR) is 99.6 cm³/mol. The number of carbonyl (C=O) groups is 2. The third kappa shape index (κ3) is 4.25. The summed E-state index contributed by atoms with van der Waals surface area (Å²) < 4.78 is 1.88. The Balaban J connectivity index is 1.68. The number of carbonyl (C=O) groups excluding carboxylic acids is 2. The molecular weight excluding hydrogens is 326 g/mol. The maximum atomic E-state index is 12.5. The third-order valence-electron chi connectivity index (χ3n) is 4.23. The zero-order valence-corrected chi connectivity index (χ0v) is 14.6. The van der Waals surface area contributed by atoms with Crippen molar-refractivity contribution in [2.75, 3.05) is 0 Å². The van der Waals surface area contributed by atoms with Crippen LogP contribution in [0.2, 0.25) is 0 Å². The summed E-state index contributed by atoms with van der Waals surface area (Å²) in [6.45, 7) is 0. The minimum atomic E-state index is -0.351. The molecule has 0 saturated carbocycles. The van der Waals surface area contributed by atoms with Crippen molar-refractivity contribution in [3.05, 3.63) is 90.0 Å². The highest BCUT2D eigenvalue weighted by atomic mass is 16.2. The summed E-state index contributed by atoms with van der Waals surface area (Å²) in [5.41, 5.74) is 1.58. The summed E-state index contributed by atoms with van der Waals surface area (Å²) in [6, 6.07) is 18.4. The molecule has 26 heavy (non-hydrogen) atoms. The van der Waals surface area contributed by atoms with Gasteiger partial charge >= 0.3 is 0 Å². The van der Waals surface area contributed by atoms with Crippen LogP contribution in [0.15, 0.2) is 73.1 Å². The van der Waals surface area contributed by atoms with Crippen molar-refractivity contribution in [1.29, 1.82) is 0 Å². The van der Waals surface area contributed by atoms with Crippen molar-refractivity contribution in [3.8, 4) is 0 Å². The van der Waals surface area contributed by atoms with Crippen LogP contribution < -0.4 is 5.32 Å². The monoisotopic (exact) mass is 347 g/mol. The number of Topliss-reactive ketones (excluding diaryl/α,β-unsaturated/α-hetero) is 1. The topological polar surface area (TPSA) is 64.0 Å². The maximum absolute atomic E-state index is 12.5. The summed E-state index contributed by atoms with van der Waals surface area (Å²) in [4.78, 5) is 29.0. The van der Waals surface area contributed by atoms with Gasteiger partial charge in [-0.25, -0.2) is 4.98 Å². The van der Waals surface area contributed by atoms with Gasteiger partial charge in [0.15, 0.2) is 5.78 Å². The van der Waals surface area contributed by atoms with Crippen molar-refractivity contribution < 1.29 is 9.59 Å². The Labute approximate surface area is 152 Å². The van der Waals surface area contributed by atoms with E-state index in [0.29, 0.717) is 5.56 Å². The van der Waals surface area contributed by atoms with Gasteiger partial charge in [-0.2, -0.15) is 0 Å². The van der Waals surface area contributed by atoms with E-state index in [0.717, 1.165) is 11.4 Å². The largest absolute Gasteiger partial charge is 0.342 e. The zero-order valence-electron chi connectivity index (χ0n) is 14.6. The number of nitrogens with one attached hydrogen (secondary N) is 1. The number of hydrogen-bond acceptors (Lipinski definition) is 3. The predicted octanol–water partition coefficient (Wildman–Crippen LogP) is 3.29. The zero-order chi connectivity index (χ0) is 18.4. The first-order valence-corrected chi connectivity index (χ1v) is 8.55. The molecule has 1 amide bonds. The van der Waals surface area contributed by atoms with Crippen molar-refractivity contribution >= 4 is 11.7 Å². The molecule has 1 N–H and O–H groups in total. The highest BCUT2D eigenvalue weighted by Crippen LogP contribution is 2.20. The average molecular weight is 347 g/mol. The molecule has 5 nitrogen and oxygen atoms in total. The summed E-state index contributed by atoms with van der Waals surface area (Å²) in [5, 5.41) is 3.01. The lowest BCUT2D eigenvalue weighted by Gasteiger charge is -2.19. The number of benzene rings is 2. The molecule has 5 heteroatoms. The summed E-state index contributed by atoms with van der Waals surface area (Å²) >= 11 is 0. The number of hydrogen-bond donors (Lipinski definition) is 1. The molecular formula is C21H21N3O2. The van der Waals surface area contributed by atoms with Gasteiger partial charge in [0.1, 0.15) is 11.9 Å². The molecule has 1 heterocycles. The van der Waals surface area contributed by atoms with Crippen LogP contribution in [-0.2, 0) is 11.8 Å². The second-order valence-corrected chi connectivity index (χ2v) is 6.10. The van der Waals surface area contributed by atoms with Crippen LogP contribution >= 0.6 is 0 Å². The molecule has 0 aliphatic heterocycles. The Morgan fingerprint density at radius 2 is 1.65 bits per heavy atom. The van der Waals surface area contributed by atoms with Gasteiger partial charge in [0, 0.05) is 37.8 Å². The summed E-state index contributed by atoms with van der Waals surface area (Å²) in [5.74, 6) is 0.541.